The predicted octanol–water partition coefficient (Wildman–Crippen LogP) is 5.46. The first-order chi connectivity index (χ1) is 15.5. The molecule has 5 rings (SSSR count). The minimum absolute atomic E-state index is 0.0735. The number of likely N-dealkylation sites (tertiary alicyclic amines) is 1. The van der Waals surface area contributed by atoms with Gasteiger partial charge in [0.05, 0.1) is 23.0 Å². The van der Waals surface area contributed by atoms with E-state index in [-0.39, 0.29) is 5.91 Å². The maximum absolute atomic E-state index is 13.2. The van der Waals surface area contributed by atoms with Crippen LogP contribution in [0.25, 0.3) is 11.3 Å². The normalized spacial score (nSPS) is 16.7. The summed E-state index contributed by atoms with van der Waals surface area (Å²) in [4.78, 5) is 23.5. The van der Waals surface area contributed by atoms with Gasteiger partial charge in [0, 0.05) is 36.1 Å². The Morgan fingerprint density at radius 3 is 2.47 bits per heavy atom. The maximum Gasteiger partial charge on any atom is 0.253 e. The number of hydrogen-bond donors (Lipinski definition) is 1. The molecular formula is C27H28N4O. The van der Waals surface area contributed by atoms with Gasteiger partial charge in [0.15, 0.2) is 0 Å². The number of imidazole rings is 1. The Kier molecular flexibility index (Phi) is 5.30. The zero-order valence-electron chi connectivity index (χ0n) is 18.7. The number of H-pyrrole nitrogens is 1. The van der Waals surface area contributed by atoms with Gasteiger partial charge in [0.25, 0.3) is 5.91 Å². The average molecular weight is 425 g/mol. The second kappa shape index (κ2) is 8.27. The number of carbonyl (C=O) groups is 1. The number of nitriles is 1. The van der Waals surface area contributed by atoms with Crippen LogP contribution in [0.5, 0.6) is 0 Å². The smallest absolute Gasteiger partial charge is 0.253 e. The topological polar surface area (TPSA) is 72.8 Å². The summed E-state index contributed by atoms with van der Waals surface area (Å²) in [6.07, 6.45) is 4.97. The first-order valence-electron chi connectivity index (χ1n) is 11.5. The van der Waals surface area contributed by atoms with Gasteiger partial charge in [-0.15, -0.1) is 0 Å². The molecule has 1 aliphatic heterocycles. The van der Waals surface area contributed by atoms with Crippen molar-refractivity contribution < 1.29 is 4.79 Å². The average Bonchev–Trinajstić information content (AvgIpc) is 3.43. The largest absolute Gasteiger partial charge is 0.342 e. The van der Waals surface area contributed by atoms with Crippen molar-refractivity contribution in [3.8, 4) is 17.3 Å². The summed E-state index contributed by atoms with van der Waals surface area (Å²) in [5, 5.41) is 8.97. The lowest BCUT2D eigenvalue weighted by Gasteiger charge is -2.39. The molecule has 3 aromatic rings. The minimum atomic E-state index is 0.0735. The molecule has 5 nitrogen and oxygen atoms in total. The van der Waals surface area contributed by atoms with Crippen molar-refractivity contribution in [2.45, 2.75) is 51.4 Å². The molecule has 2 aliphatic rings. The third-order valence-electron chi connectivity index (χ3n) is 7.08. The Hall–Kier alpha value is -3.39. The molecule has 0 unspecified atom stereocenters. The van der Waals surface area contributed by atoms with Gasteiger partial charge in [0.1, 0.15) is 5.82 Å². The Morgan fingerprint density at radius 2 is 1.78 bits per heavy atom. The summed E-state index contributed by atoms with van der Waals surface area (Å²) in [6.45, 7) is 5.56. The molecule has 1 N–H and O–H groups in total. The van der Waals surface area contributed by atoms with E-state index in [1.54, 1.807) is 0 Å². The highest BCUT2D eigenvalue weighted by Gasteiger charge is 2.32. The zero-order chi connectivity index (χ0) is 22.2. The molecule has 0 radical (unpaired) electrons. The lowest BCUT2D eigenvalue weighted by molar-refractivity contribution is 0.0602. The quantitative estimate of drug-likeness (QED) is 0.604. The third-order valence-corrected chi connectivity index (χ3v) is 7.08. The summed E-state index contributed by atoms with van der Waals surface area (Å²) >= 11 is 0. The van der Waals surface area contributed by atoms with E-state index in [0.717, 1.165) is 33.9 Å². The Balaban J connectivity index is 1.33. The van der Waals surface area contributed by atoms with Crippen molar-refractivity contribution in [3.63, 3.8) is 0 Å². The van der Waals surface area contributed by atoms with Crippen molar-refractivity contribution in [3.05, 3.63) is 76.2 Å². The highest BCUT2D eigenvalue weighted by molar-refractivity contribution is 5.96. The van der Waals surface area contributed by atoms with Crippen LogP contribution in [-0.4, -0.2) is 33.9 Å². The van der Waals surface area contributed by atoms with E-state index in [4.69, 9.17) is 10.2 Å². The molecule has 162 valence electrons. The summed E-state index contributed by atoms with van der Waals surface area (Å²) in [7, 11) is 0. The van der Waals surface area contributed by atoms with Gasteiger partial charge in [-0.1, -0.05) is 31.0 Å². The van der Waals surface area contributed by atoms with Gasteiger partial charge in [-0.3, -0.25) is 4.79 Å². The SMILES string of the molecule is Cc1ccc(C(=O)N2CC(c3ccc(C#N)cc3)C2)cc1-c1[nH]c(C2CCCC2)nc1C. The van der Waals surface area contributed by atoms with Crippen molar-refractivity contribution in [1.82, 2.24) is 14.9 Å². The van der Waals surface area contributed by atoms with Crippen LogP contribution in [-0.2, 0) is 0 Å². The molecule has 1 aromatic heterocycles. The molecule has 0 bridgehead atoms. The van der Waals surface area contributed by atoms with Crippen LogP contribution in [0.2, 0.25) is 0 Å². The van der Waals surface area contributed by atoms with E-state index in [9.17, 15) is 4.79 Å². The number of carbonyl (C=O) groups excluding carboxylic acids is 1. The molecular weight excluding hydrogens is 396 g/mol. The molecule has 1 aliphatic carbocycles. The van der Waals surface area contributed by atoms with E-state index in [1.165, 1.54) is 31.2 Å². The van der Waals surface area contributed by atoms with Crippen LogP contribution in [0.1, 0.15) is 76.1 Å². The first kappa shape index (κ1) is 20.5. The van der Waals surface area contributed by atoms with Gasteiger partial charge in [-0.25, -0.2) is 4.98 Å². The van der Waals surface area contributed by atoms with Gasteiger partial charge in [-0.2, -0.15) is 5.26 Å². The summed E-state index contributed by atoms with van der Waals surface area (Å²) in [5.74, 6) is 2.04. The van der Waals surface area contributed by atoms with Gasteiger partial charge in [-0.05, 0) is 62.1 Å². The molecule has 2 fully saturated rings. The number of nitrogens with one attached hydrogen (secondary N) is 1. The lowest BCUT2D eigenvalue weighted by atomic mass is 9.90. The fraction of sp³-hybridized carbons (Fsp3) is 0.370. The number of aromatic nitrogens is 2. The maximum atomic E-state index is 13.2. The van der Waals surface area contributed by atoms with Crippen LogP contribution in [0.3, 0.4) is 0 Å². The second-order valence-corrected chi connectivity index (χ2v) is 9.23. The van der Waals surface area contributed by atoms with Crippen molar-refractivity contribution in [2.24, 2.45) is 0 Å². The molecule has 5 heteroatoms. The van der Waals surface area contributed by atoms with Crippen LogP contribution in [0.4, 0.5) is 0 Å². The molecule has 1 saturated heterocycles. The molecule has 32 heavy (non-hydrogen) atoms. The zero-order valence-corrected chi connectivity index (χ0v) is 18.7. The first-order valence-corrected chi connectivity index (χ1v) is 11.5. The monoisotopic (exact) mass is 424 g/mol. The van der Waals surface area contributed by atoms with Crippen molar-refractivity contribution in [2.75, 3.05) is 13.1 Å². The van der Waals surface area contributed by atoms with Crippen LogP contribution < -0.4 is 0 Å². The van der Waals surface area contributed by atoms with Crippen LogP contribution in [0.15, 0.2) is 42.5 Å². The summed E-state index contributed by atoms with van der Waals surface area (Å²) in [5.41, 5.74) is 6.82. The lowest BCUT2D eigenvalue weighted by Crippen LogP contribution is -2.48. The van der Waals surface area contributed by atoms with E-state index in [0.29, 0.717) is 30.5 Å². The van der Waals surface area contributed by atoms with Crippen molar-refractivity contribution >= 4 is 5.91 Å². The van der Waals surface area contributed by atoms with Gasteiger partial charge < -0.3 is 9.88 Å². The molecule has 2 aromatic carbocycles. The molecule has 2 heterocycles. The predicted molar refractivity (Wildman–Crippen MR) is 125 cm³/mol. The Bertz CT molecular complexity index is 1190. The number of aromatic amines is 1. The second-order valence-electron chi connectivity index (χ2n) is 9.23. The number of aryl methyl sites for hydroxylation is 2. The van der Waals surface area contributed by atoms with E-state index >= 15 is 0 Å². The Labute approximate surface area is 189 Å². The molecule has 0 spiro atoms. The summed E-state index contributed by atoms with van der Waals surface area (Å²) < 4.78 is 0. The van der Waals surface area contributed by atoms with Crippen molar-refractivity contribution in [1.29, 1.82) is 5.26 Å². The van der Waals surface area contributed by atoms with E-state index in [1.807, 2.05) is 47.4 Å². The van der Waals surface area contributed by atoms with Crippen LogP contribution >= 0.6 is 0 Å². The number of nitrogens with zero attached hydrogens (tertiary/aromatic N) is 3. The number of benzene rings is 2. The fourth-order valence-corrected chi connectivity index (χ4v) is 5.03. The van der Waals surface area contributed by atoms with E-state index in [2.05, 4.69) is 24.9 Å². The standard InChI is InChI=1S/C27H28N4O/c1-17-7-10-22(13-24(17)25-18(2)29-26(30-25)21-5-3-4-6-21)27(32)31-15-23(16-31)20-11-8-19(14-28)9-12-20/h7-13,21,23H,3-6,15-16H2,1-2H3,(H,29,30). The highest BCUT2D eigenvalue weighted by atomic mass is 16.2. The number of amides is 1. The molecule has 0 atom stereocenters. The molecule has 1 saturated carbocycles. The highest BCUT2D eigenvalue weighted by Crippen LogP contribution is 2.36. The third kappa shape index (κ3) is 3.71. The molecule has 1 amide bonds. The fourth-order valence-electron chi connectivity index (χ4n) is 5.03. The number of hydrogen-bond acceptors (Lipinski definition) is 3. The Morgan fingerprint density at radius 1 is 1.06 bits per heavy atom. The van der Waals surface area contributed by atoms with Crippen LogP contribution in [0, 0.1) is 25.2 Å². The number of rotatable bonds is 4. The van der Waals surface area contributed by atoms with E-state index < -0.39 is 0 Å². The summed E-state index contributed by atoms with van der Waals surface area (Å²) in [6, 6.07) is 15.8. The minimum Gasteiger partial charge on any atom is -0.342 e. The van der Waals surface area contributed by atoms with Gasteiger partial charge in [0.2, 0.25) is 0 Å². The van der Waals surface area contributed by atoms with Gasteiger partial charge >= 0.3 is 0 Å².